The van der Waals surface area contributed by atoms with E-state index in [0.717, 1.165) is 32.2 Å². The van der Waals surface area contributed by atoms with E-state index >= 15 is 0 Å². The predicted octanol–water partition coefficient (Wildman–Crippen LogP) is 1.13. The van der Waals surface area contributed by atoms with Gasteiger partial charge in [0.25, 0.3) is 0 Å². The molecule has 0 bridgehead atoms. The van der Waals surface area contributed by atoms with Crippen LogP contribution >= 0.6 is 0 Å². The summed E-state index contributed by atoms with van der Waals surface area (Å²) in [6, 6.07) is -0.0691. The van der Waals surface area contributed by atoms with Crippen molar-refractivity contribution in [1.82, 2.24) is 4.90 Å². The fraction of sp³-hybridized carbons (Fsp3) is 0.750. The van der Waals surface area contributed by atoms with Gasteiger partial charge in [0.05, 0.1) is 6.04 Å². The summed E-state index contributed by atoms with van der Waals surface area (Å²) in [5, 5.41) is 0. The van der Waals surface area contributed by atoms with E-state index in [1.165, 1.54) is 0 Å². The molecule has 2 N–H and O–H groups in total. The van der Waals surface area contributed by atoms with Gasteiger partial charge in [0.2, 0.25) is 5.91 Å². The first kappa shape index (κ1) is 12.1. The number of hydrogen-bond acceptors (Lipinski definition) is 2. The van der Waals surface area contributed by atoms with Gasteiger partial charge in [-0.15, -0.1) is 12.3 Å². The van der Waals surface area contributed by atoms with Crippen LogP contribution in [0.5, 0.6) is 0 Å². The van der Waals surface area contributed by atoms with E-state index in [4.69, 9.17) is 12.2 Å². The van der Waals surface area contributed by atoms with Crippen molar-refractivity contribution >= 4 is 5.91 Å². The molecule has 0 radical (unpaired) electrons. The number of carbonyl (C=O) groups excluding carboxylic acids is 1. The van der Waals surface area contributed by atoms with Crippen LogP contribution in [0.25, 0.3) is 0 Å². The largest absolute Gasteiger partial charge is 0.338 e. The van der Waals surface area contributed by atoms with Gasteiger partial charge in [0, 0.05) is 19.0 Å². The van der Waals surface area contributed by atoms with E-state index in [-0.39, 0.29) is 5.91 Å². The van der Waals surface area contributed by atoms with Crippen molar-refractivity contribution in [2.24, 2.45) is 5.73 Å². The zero-order valence-electron chi connectivity index (χ0n) is 9.41. The second-order valence-corrected chi connectivity index (χ2v) is 4.13. The lowest BCUT2D eigenvalue weighted by atomic mass is 10.2. The molecule has 15 heavy (non-hydrogen) atoms. The van der Waals surface area contributed by atoms with Crippen LogP contribution in [0.1, 0.15) is 39.0 Å². The molecule has 0 spiro atoms. The Morgan fingerprint density at radius 2 is 2.33 bits per heavy atom. The minimum absolute atomic E-state index is 0.0314. The number of amides is 1. The highest BCUT2D eigenvalue weighted by Gasteiger charge is 2.33. The van der Waals surface area contributed by atoms with E-state index in [0.29, 0.717) is 12.5 Å². The average molecular weight is 208 g/mol. The summed E-state index contributed by atoms with van der Waals surface area (Å²) in [6.07, 6.45) is 9.89. The van der Waals surface area contributed by atoms with E-state index < -0.39 is 6.04 Å². The molecule has 0 aromatic heterocycles. The summed E-state index contributed by atoms with van der Waals surface area (Å²) in [5.41, 5.74) is 5.73. The van der Waals surface area contributed by atoms with E-state index in [1.807, 2.05) is 4.90 Å². The Morgan fingerprint density at radius 3 is 2.80 bits per heavy atom. The van der Waals surface area contributed by atoms with Gasteiger partial charge in [-0.3, -0.25) is 4.79 Å². The number of nitrogens with zero attached hydrogens (tertiary/aromatic N) is 1. The van der Waals surface area contributed by atoms with E-state index in [2.05, 4.69) is 12.8 Å². The molecule has 0 saturated heterocycles. The maximum absolute atomic E-state index is 11.9. The second-order valence-electron chi connectivity index (χ2n) is 4.13. The van der Waals surface area contributed by atoms with Crippen LogP contribution in [0.2, 0.25) is 0 Å². The molecule has 0 aromatic rings. The summed E-state index contributed by atoms with van der Waals surface area (Å²) < 4.78 is 0. The molecule has 1 atom stereocenters. The van der Waals surface area contributed by atoms with Crippen LogP contribution in [0.15, 0.2) is 0 Å². The molecule has 0 aromatic carbocycles. The van der Waals surface area contributed by atoms with Gasteiger partial charge in [-0.2, -0.15) is 0 Å². The highest BCUT2D eigenvalue weighted by Crippen LogP contribution is 2.27. The molecule has 3 heteroatoms. The summed E-state index contributed by atoms with van der Waals surface area (Å²) in [4.78, 5) is 13.8. The standard InChI is InChI=1S/C12H20N2O/c1-3-5-9-14(10-7-8-10)12(15)11(13)6-4-2/h2,10-11H,3,5-9,13H2,1H3. The van der Waals surface area contributed by atoms with Crippen LogP contribution in [-0.4, -0.2) is 29.4 Å². The minimum atomic E-state index is -0.507. The van der Waals surface area contributed by atoms with Gasteiger partial charge in [-0.05, 0) is 19.3 Å². The van der Waals surface area contributed by atoms with E-state index in [9.17, 15) is 4.79 Å². The molecule has 84 valence electrons. The normalized spacial score (nSPS) is 16.9. The minimum Gasteiger partial charge on any atom is -0.338 e. The molecular weight excluding hydrogens is 188 g/mol. The predicted molar refractivity (Wildman–Crippen MR) is 61.1 cm³/mol. The Kier molecular flexibility index (Phi) is 4.64. The van der Waals surface area contributed by atoms with Crippen molar-refractivity contribution in [3.63, 3.8) is 0 Å². The lowest BCUT2D eigenvalue weighted by molar-refractivity contribution is -0.133. The maximum atomic E-state index is 11.9. The zero-order valence-corrected chi connectivity index (χ0v) is 9.41. The first-order valence-corrected chi connectivity index (χ1v) is 5.70. The monoisotopic (exact) mass is 208 g/mol. The first-order chi connectivity index (χ1) is 7.20. The quantitative estimate of drug-likeness (QED) is 0.665. The Hall–Kier alpha value is -1.01. The Bertz CT molecular complexity index is 253. The van der Waals surface area contributed by atoms with E-state index in [1.54, 1.807) is 0 Å². The summed E-state index contributed by atoms with van der Waals surface area (Å²) in [7, 11) is 0. The molecule has 1 aliphatic rings. The molecule has 0 aliphatic heterocycles. The van der Waals surface area contributed by atoms with Gasteiger partial charge in [-0.1, -0.05) is 13.3 Å². The fourth-order valence-electron chi connectivity index (χ4n) is 1.61. The highest BCUT2D eigenvalue weighted by atomic mass is 16.2. The summed E-state index contributed by atoms with van der Waals surface area (Å²) >= 11 is 0. The average Bonchev–Trinajstić information content (AvgIpc) is 3.02. The van der Waals surface area contributed by atoms with Crippen LogP contribution in [-0.2, 0) is 4.79 Å². The van der Waals surface area contributed by atoms with Crippen molar-refractivity contribution in [3.05, 3.63) is 0 Å². The maximum Gasteiger partial charge on any atom is 0.240 e. The smallest absolute Gasteiger partial charge is 0.240 e. The molecule has 1 fully saturated rings. The fourth-order valence-corrected chi connectivity index (χ4v) is 1.61. The zero-order chi connectivity index (χ0) is 11.3. The lowest BCUT2D eigenvalue weighted by Gasteiger charge is -2.24. The van der Waals surface area contributed by atoms with Crippen molar-refractivity contribution in [2.45, 2.75) is 51.1 Å². The molecule has 1 amide bonds. The van der Waals surface area contributed by atoms with Crippen LogP contribution < -0.4 is 5.73 Å². The van der Waals surface area contributed by atoms with Crippen LogP contribution in [0, 0.1) is 12.3 Å². The Balaban J connectivity index is 2.47. The molecule has 1 unspecified atom stereocenters. The van der Waals surface area contributed by atoms with Crippen molar-refractivity contribution in [1.29, 1.82) is 0 Å². The summed E-state index contributed by atoms with van der Waals surface area (Å²) in [5.74, 6) is 2.48. The van der Waals surface area contributed by atoms with Crippen molar-refractivity contribution < 1.29 is 4.79 Å². The molecular formula is C12H20N2O. The number of hydrogen-bond donors (Lipinski definition) is 1. The van der Waals surface area contributed by atoms with Gasteiger partial charge in [0.1, 0.15) is 0 Å². The summed E-state index contributed by atoms with van der Waals surface area (Å²) in [6.45, 7) is 2.95. The Morgan fingerprint density at radius 1 is 1.67 bits per heavy atom. The third kappa shape index (κ3) is 3.56. The number of rotatable bonds is 6. The number of unbranched alkanes of at least 4 members (excludes halogenated alkanes) is 1. The SMILES string of the molecule is C#CCC(N)C(=O)N(CCCC)C1CC1. The topological polar surface area (TPSA) is 46.3 Å². The number of terminal acetylenes is 1. The third-order valence-electron chi connectivity index (χ3n) is 2.68. The molecule has 1 saturated carbocycles. The first-order valence-electron chi connectivity index (χ1n) is 5.70. The van der Waals surface area contributed by atoms with Gasteiger partial charge < -0.3 is 10.6 Å². The van der Waals surface area contributed by atoms with Gasteiger partial charge in [-0.25, -0.2) is 0 Å². The molecule has 3 nitrogen and oxygen atoms in total. The number of nitrogens with two attached hydrogens (primary N) is 1. The van der Waals surface area contributed by atoms with Crippen LogP contribution in [0.4, 0.5) is 0 Å². The highest BCUT2D eigenvalue weighted by molar-refractivity contribution is 5.82. The second kappa shape index (κ2) is 5.77. The molecule has 1 rings (SSSR count). The molecule has 0 heterocycles. The Labute approximate surface area is 92.0 Å². The molecule has 1 aliphatic carbocycles. The lowest BCUT2D eigenvalue weighted by Crippen LogP contribution is -2.45. The van der Waals surface area contributed by atoms with Crippen LogP contribution in [0.3, 0.4) is 0 Å². The van der Waals surface area contributed by atoms with Gasteiger partial charge in [0.15, 0.2) is 0 Å². The van der Waals surface area contributed by atoms with Crippen molar-refractivity contribution in [3.8, 4) is 12.3 Å². The van der Waals surface area contributed by atoms with Gasteiger partial charge >= 0.3 is 0 Å². The van der Waals surface area contributed by atoms with Crippen molar-refractivity contribution in [2.75, 3.05) is 6.54 Å². The number of carbonyl (C=O) groups is 1. The third-order valence-corrected chi connectivity index (χ3v) is 2.68.